The van der Waals surface area contributed by atoms with Gasteiger partial charge in [-0.2, -0.15) is 5.10 Å². The second-order valence-electron chi connectivity index (χ2n) is 3.45. The molecule has 0 aromatic carbocycles. The van der Waals surface area contributed by atoms with Gasteiger partial charge in [-0.05, 0) is 12.8 Å². The van der Waals surface area contributed by atoms with Crippen LogP contribution in [-0.2, 0) is 0 Å². The van der Waals surface area contributed by atoms with Gasteiger partial charge in [0.1, 0.15) is 6.33 Å². The zero-order chi connectivity index (χ0) is 10.1. The van der Waals surface area contributed by atoms with Gasteiger partial charge in [-0.15, -0.1) is 11.3 Å². The monoisotopic (exact) mass is 208 g/mol. The first-order valence-corrected chi connectivity index (χ1v) is 5.33. The molecule has 14 heavy (non-hydrogen) atoms. The van der Waals surface area contributed by atoms with E-state index in [2.05, 4.69) is 40.9 Å². The molecule has 0 spiro atoms. The Morgan fingerprint density at radius 2 is 2.21 bits per heavy atom. The lowest BCUT2D eigenvalue weighted by Crippen LogP contribution is -1.90. The average Bonchev–Trinajstić information content (AvgIpc) is 2.70. The van der Waals surface area contributed by atoms with Gasteiger partial charge in [0, 0.05) is 4.88 Å². The molecule has 0 amide bonds. The van der Waals surface area contributed by atoms with Crippen molar-refractivity contribution >= 4 is 11.3 Å². The minimum absolute atomic E-state index is 0.461. The normalized spacial score (nSPS) is 11.1. The topological polar surface area (TPSA) is 54.5 Å². The molecule has 0 saturated heterocycles. The molecule has 0 unspecified atom stereocenters. The smallest absolute Gasteiger partial charge is 0.184 e. The number of rotatable bonds is 2. The Morgan fingerprint density at radius 3 is 2.71 bits per heavy atom. The van der Waals surface area contributed by atoms with Crippen molar-refractivity contribution in [2.24, 2.45) is 0 Å². The van der Waals surface area contributed by atoms with E-state index in [0.29, 0.717) is 5.92 Å². The van der Waals surface area contributed by atoms with Crippen LogP contribution in [0.3, 0.4) is 0 Å². The lowest BCUT2D eigenvalue weighted by molar-refractivity contribution is 0.825. The summed E-state index contributed by atoms with van der Waals surface area (Å²) < 4.78 is 0. The van der Waals surface area contributed by atoms with Gasteiger partial charge in [0.2, 0.25) is 0 Å². The van der Waals surface area contributed by atoms with Crippen LogP contribution >= 0.6 is 11.3 Å². The van der Waals surface area contributed by atoms with E-state index < -0.39 is 0 Å². The van der Waals surface area contributed by atoms with Crippen molar-refractivity contribution in [1.82, 2.24) is 20.2 Å². The summed E-state index contributed by atoms with van der Waals surface area (Å²) in [6.45, 7) is 6.38. The summed E-state index contributed by atoms with van der Waals surface area (Å²) in [5.41, 5.74) is 1.15. The Hall–Kier alpha value is -1.23. The van der Waals surface area contributed by atoms with Crippen LogP contribution in [0, 0.1) is 6.92 Å². The maximum atomic E-state index is 4.54. The van der Waals surface area contributed by atoms with Gasteiger partial charge in [-0.25, -0.2) is 9.97 Å². The fourth-order valence-corrected chi connectivity index (χ4v) is 2.37. The quantitative estimate of drug-likeness (QED) is 0.824. The standard InChI is InChI=1S/C9H12N4S/c1-5(2)7-6(3)14-9(12-7)8-10-4-11-13-8/h4-5H,1-3H3,(H,10,11,13). The van der Waals surface area contributed by atoms with E-state index in [1.54, 1.807) is 11.3 Å². The first kappa shape index (κ1) is 9.33. The predicted molar refractivity (Wildman–Crippen MR) is 56.3 cm³/mol. The molecule has 0 aliphatic carbocycles. The van der Waals surface area contributed by atoms with E-state index in [-0.39, 0.29) is 0 Å². The zero-order valence-electron chi connectivity index (χ0n) is 8.40. The third-order valence-electron chi connectivity index (χ3n) is 2.00. The minimum Gasteiger partial charge on any atom is -0.257 e. The molecular formula is C9H12N4S. The fraction of sp³-hybridized carbons (Fsp3) is 0.444. The van der Waals surface area contributed by atoms with Gasteiger partial charge in [0.05, 0.1) is 5.69 Å². The summed E-state index contributed by atoms with van der Waals surface area (Å²) in [5.74, 6) is 1.22. The number of nitrogens with one attached hydrogen (secondary N) is 1. The lowest BCUT2D eigenvalue weighted by atomic mass is 10.1. The van der Waals surface area contributed by atoms with Gasteiger partial charge < -0.3 is 0 Å². The van der Waals surface area contributed by atoms with Crippen LogP contribution in [0.1, 0.15) is 30.3 Å². The van der Waals surface area contributed by atoms with Crippen molar-refractivity contribution in [1.29, 1.82) is 0 Å². The van der Waals surface area contributed by atoms with E-state index in [1.165, 1.54) is 11.2 Å². The molecule has 2 aromatic heterocycles. The van der Waals surface area contributed by atoms with Crippen LogP contribution in [0.5, 0.6) is 0 Å². The van der Waals surface area contributed by atoms with E-state index in [4.69, 9.17) is 0 Å². The summed E-state index contributed by atoms with van der Waals surface area (Å²) in [4.78, 5) is 9.87. The van der Waals surface area contributed by atoms with Crippen molar-refractivity contribution < 1.29 is 0 Å². The highest BCUT2D eigenvalue weighted by Crippen LogP contribution is 2.28. The first-order valence-electron chi connectivity index (χ1n) is 4.51. The number of aromatic amines is 1. The largest absolute Gasteiger partial charge is 0.257 e. The summed E-state index contributed by atoms with van der Waals surface area (Å²) in [7, 11) is 0. The maximum Gasteiger partial charge on any atom is 0.184 e. The SMILES string of the molecule is Cc1sc(-c2ncn[nH]2)nc1C(C)C. The van der Waals surface area contributed by atoms with Crippen molar-refractivity contribution in [3.8, 4) is 10.8 Å². The summed E-state index contributed by atoms with van der Waals surface area (Å²) in [6, 6.07) is 0. The second kappa shape index (κ2) is 3.49. The zero-order valence-corrected chi connectivity index (χ0v) is 9.22. The van der Waals surface area contributed by atoms with Gasteiger partial charge >= 0.3 is 0 Å². The highest BCUT2D eigenvalue weighted by molar-refractivity contribution is 7.15. The Kier molecular flexibility index (Phi) is 2.33. The molecule has 5 heteroatoms. The molecule has 0 saturated carbocycles. The van der Waals surface area contributed by atoms with Crippen LogP contribution in [0.25, 0.3) is 10.8 Å². The van der Waals surface area contributed by atoms with Crippen LogP contribution in [0.2, 0.25) is 0 Å². The number of aryl methyl sites for hydroxylation is 1. The van der Waals surface area contributed by atoms with Crippen molar-refractivity contribution in [2.45, 2.75) is 26.7 Å². The molecule has 2 rings (SSSR count). The highest BCUT2D eigenvalue weighted by Gasteiger charge is 2.13. The molecule has 0 aliphatic rings. The lowest BCUT2D eigenvalue weighted by Gasteiger charge is -1.99. The van der Waals surface area contributed by atoms with E-state index in [1.807, 2.05) is 0 Å². The van der Waals surface area contributed by atoms with E-state index in [9.17, 15) is 0 Å². The Bertz CT molecular complexity index is 416. The molecule has 0 atom stereocenters. The Balaban J connectivity index is 2.43. The number of hydrogen-bond acceptors (Lipinski definition) is 4. The number of thiazole rings is 1. The minimum atomic E-state index is 0.461. The van der Waals surface area contributed by atoms with Gasteiger partial charge in [0.25, 0.3) is 0 Å². The molecular weight excluding hydrogens is 196 g/mol. The molecule has 4 nitrogen and oxygen atoms in total. The summed E-state index contributed by atoms with van der Waals surface area (Å²) >= 11 is 1.66. The third-order valence-corrected chi connectivity index (χ3v) is 2.99. The van der Waals surface area contributed by atoms with Crippen LogP contribution < -0.4 is 0 Å². The molecule has 74 valence electrons. The number of hydrogen-bond donors (Lipinski definition) is 1. The maximum absolute atomic E-state index is 4.54. The molecule has 0 aliphatic heterocycles. The van der Waals surface area contributed by atoms with Crippen LogP contribution in [0.15, 0.2) is 6.33 Å². The summed E-state index contributed by atoms with van der Waals surface area (Å²) in [6.07, 6.45) is 1.50. The molecule has 2 aromatic rings. The van der Waals surface area contributed by atoms with Crippen molar-refractivity contribution in [3.63, 3.8) is 0 Å². The van der Waals surface area contributed by atoms with Gasteiger partial charge in [0.15, 0.2) is 10.8 Å². The van der Waals surface area contributed by atoms with Gasteiger partial charge in [-0.1, -0.05) is 13.8 Å². The van der Waals surface area contributed by atoms with Gasteiger partial charge in [-0.3, -0.25) is 5.10 Å². The Labute approximate surface area is 86.4 Å². The number of H-pyrrole nitrogens is 1. The van der Waals surface area contributed by atoms with Crippen molar-refractivity contribution in [3.05, 3.63) is 16.9 Å². The molecule has 0 fully saturated rings. The van der Waals surface area contributed by atoms with E-state index in [0.717, 1.165) is 16.5 Å². The average molecular weight is 208 g/mol. The van der Waals surface area contributed by atoms with E-state index >= 15 is 0 Å². The Morgan fingerprint density at radius 1 is 1.43 bits per heavy atom. The summed E-state index contributed by atoms with van der Waals surface area (Å²) in [5, 5.41) is 7.55. The van der Waals surface area contributed by atoms with Crippen molar-refractivity contribution in [2.75, 3.05) is 0 Å². The fourth-order valence-electron chi connectivity index (χ4n) is 1.35. The molecule has 1 N–H and O–H groups in total. The molecule has 0 radical (unpaired) electrons. The molecule has 2 heterocycles. The first-order chi connectivity index (χ1) is 6.68. The second-order valence-corrected chi connectivity index (χ2v) is 4.65. The van der Waals surface area contributed by atoms with Crippen LogP contribution in [0.4, 0.5) is 0 Å². The molecule has 0 bridgehead atoms. The third kappa shape index (κ3) is 1.55. The predicted octanol–water partition coefficient (Wildman–Crippen LogP) is 2.36. The number of aromatic nitrogens is 4. The number of nitrogens with zero attached hydrogens (tertiary/aromatic N) is 3. The van der Waals surface area contributed by atoms with Crippen LogP contribution in [-0.4, -0.2) is 20.2 Å². The highest BCUT2D eigenvalue weighted by atomic mass is 32.1.